The van der Waals surface area contributed by atoms with Crippen LogP contribution in [0, 0.1) is 0 Å². The maximum absolute atomic E-state index is 11.6. The number of aromatic nitrogens is 1. The van der Waals surface area contributed by atoms with Gasteiger partial charge in [0.25, 0.3) is 0 Å². The Morgan fingerprint density at radius 1 is 1.12 bits per heavy atom. The Kier molecular flexibility index (Phi) is 8.48. The molecule has 8 heteroatoms. The van der Waals surface area contributed by atoms with E-state index in [4.69, 9.17) is 11.6 Å². The van der Waals surface area contributed by atoms with Crippen molar-refractivity contribution in [2.24, 2.45) is 0 Å². The van der Waals surface area contributed by atoms with Gasteiger partial charge < -0.3 is 10.4 Å². The van der Waals surface area contributed by atoms with E-state index in [0.29, 0.717) is 23.0 Å². The third-order valence-electron chi connectivity index (χ3n) is 5.39. The average molecular weight is 476 g/mol. The van der Waals surface area contributed by atoms with Crippen molar-refractivity contribution in [2.45, 2.75) is 37.2 Å². The molecule has 0 fully saturated rings. The second kappa shape index (κ2) is 11.1. The van der Waals surface area contributed by atoms with Gasteiger partial charge in [-0.25, -0.2) is 8.42 Å². The minimum atomic E-state index is -3.19. The standard InChI is InChI=1S/C24H30ClN3O3S/c1-18(27-23-11-12-26-24-16-20(25)7-10-22(23)24)4-3-13-28(14-15-29)17-19-5-8-21(9-6-19)32(2,30)31/h5-12,16,18,29H,3-4,13-15,17H2,1-2H3,(H,26,27). The molecule has 6 nitrogen and oxygen atoms in total. The van der Waals surface area contributed by atoms with Crippen molar-refractivity contribution in [2.75, 3.05) is 31.3 Å². The first kappa shape index (κ1) is 24.5. The number of aliphatic hydroxyl groups excluding tert-OH is 1. The zero-order chi connectivity index (χ0) is 23.1. The van der Waals surface area contributed by atoms with E-state index in [1.165, 1.54) is 6.26 Å². The topological polar surface area (TPSA) is 82.5 Å². The van der Waals surface area contributed by atoms with E-state index in [9.17, 15) is 13.5 Å². The molecule has 2 N–H and O–H groups in total. The molecule has 0 amide bonds. The lowest BCUT2D eigenvalue weighted by molar-refractivity contribution is 0.187. The molecule has 0 spiro atoms. The minimum Gasteiger partial charge on any atom is -0.395 e. The van der Waals surface area contributed by atoms with E-state index in [0.717, 1.165) is 41.5 Å². The lowest BCUT2D eigenvalue weighted by Crippen LogP contribution is -2.28. The van der Waals surface area contributed by atoms with Gasteiger partial charge in [0.15, 0.2) is 9.84 Å². The number of sulfone groups is 1. The third-order valence-corrected chi connectivity index (χ3v) is 6.76. The van der Waals surface area contributed by atoms with Crippen molar-refractivity contribution in [1.82, 2.24) is 9.88 Å². The summed E-state index contributed by atoms with van der Waals surface area (Å²) in [5.74, 6) is 0. The van der Waals surface area contributed by atoms with E-state index in [1.807, 2.05) is 36.4 Å². The Hall–Kier alpha value is -2.19. The van der Waals surface area contributed by atoms with Crippen molar-refractivity contribution in [1.29, 1.82) is 0 Å². The maximum Gasteiger partial charge on any atom is 0.175 e. The quantitative estimate of drug-likeness (QED) is 0.428. The molecular weight excluding hydrogens is 446 g/mol. The smallest absolute Gasteiger partial charge is 0.175 e. The van der Waals surface area contributed by atoms with Crippen LogP contribution in [-0.2, 0) is 16.4 Å². The highest BCUT2D eigenvalue weighted by Gasteiger charge is 2.11. The maximum atomic E-state index is 11.6. The lowest BCUT2D eigenvalue weighted by atomic mass is 10.1. The first-order valence-electron chi connectivity index (χ1n) is 10.7. The molecule has 0 aliphatic heterocycles. The number of nitrogens with one attached hydrogen (secondary N) is 1. The highest BCUT2D eigenvalue weighted by molar-refractivity contribution is 7.90. The van der Waals surface area contributed by atoms with E-state index in [-0.39, 0.29) is 12.6 Å². The predicted octanol–water partition coefficient (Wildman–Crippen LogP) is 4.37. The SMILES string of the molecule is CC(CCCN(CCO)Cc1ccc(S(C)(=O)=O)cc1)Nc1ccnc2cc(Cl)ccc12. The Bertz CT molecular complexity index is 1140. The van der Waals surface area contributed by atoms with Crippen molar-refractivity contribution >= 4 is 38.0 Å². The molecule has 0 aliphatic carbocycles. The van der Waals surface area contributed by atoms with Crippen molar-refractivity contribution in [3.8, 4) is 0 Å². The molecule has 0 saturated heterocycles. The third kappa shape index (κ3) is 6.90. The summed E-state index contributed by atoms with van der Waals surface area (Å²) in [6.45, 7) is 4.32. The van der Waals surface area contributed by atoms with Gasteiger partial charge in [-0.2, -0.15) is 0 Å². The fraction of sp³-hybridized carbons (Fsp3) is 0.375. The first-order chi connectivity index (χ1) is 15.3. The summed E-state index contributed by atoms with van der Waals surface area (Å²) >= 11 is 6.08. The van der Waals surface area contributed by atoms with E-state index in [1.54, 1.807) is 18.3 Å². The number of hydrogen-bond donors (Lipinski definition) is 2. The highest BCUT2D eigenvalue weighted by atomic mass is 35.5. The Labute approximate surface area is 195 Å². The van der Waals surface area contributed by atoms with Crippen LogP contribution in [0.4, 0.5) is 5.69 Å². The molecule has 0 aliphatic rings. The van der Waals surface area contributed by atoms with Gasteiger partial charge in [-0.15, -0.1) is 0 Å². The number of hydrogen-bond acceptors (Lipinski definition) is 6. The number of pyridine rings is 1. The summed E-state index contributed by atoms with van der Waals surface area (Å²) in [5, 5.41) is 14.7. The van der Waals surface area contributed by atoms with Crippen LogP contribution in [0.1, 0.15) is 25.3 Å². The molecule has 3 aromatic rings. The Morgan fingerprint density at radius 3 is 2.56 bits per heavy atom. The summed E-state index contributed by atoms with van der Waals surface area (Å²) in [6.07, 6.45) is 4.92. The normalized spacial score (nSPS) is 12.9. The number of fused-ring (bicyclic) bond motifs is 1. The van der Waals surface area contributed by atoms with Gasteiger partial charge in [0.2, 0.25) is 0 Å². The number of nitrogens with zero attached hydrogens (tertiary/aromatic N) is 2. The number of halogens is 1. The van der Waals surface area contributed by atoms with Gasteiger partial charge in [0.1, 0.15) is 0 Å². The van der Waals surface area contributed by atoms with Crippen molar-refractivity contribution in [3.05, 3.63) is 65.3 Å². The van der Waals surface area contributed by atoms with Crippen LogP contribution >= 0.6 is 11.6 Å². The van der Waals surface area contributed by atoms with Crippen LogP contribution in [0.2, 0.25) is 5.02 Å². The number of benzene rings is 2. The molecule has 2 aromatic carbocycles. The molecule has 0 bridgehead atoms. The molecule has 0 radical (unpaired) electrons. The van der Waals surface area contributed by atoms with Gasteiger partial charge in [-0.05, 0) is 68.3 Å². The van der Waals surface area contributed by atoms with Crippen LogP contribution in [0.5, 0.6) is 0 Å². The van der Waals surface area contributed by atoms with Gasteiger partial charge in [0, 0.05) is 47.7 Å². The van der Waals surface area contributed by atoms with Crippen LogP contribution in [0.3, 0.4) is 0 Å². The Balaban J connectivity index is 1.54. The molecule has 0 saturated carbocycles. The molecule has 1 atom stereocenters. The van der Waals surface area contributed by atoms with Gasteiger partial charge in [-0.3, -0.25) is 9.88 Å². The zero-order valence-electron chi connectivity index (χ0n) is 18.5. The molecule has 1 heterocycles. The van der Waals surface area contributed by atoms with E-state index >= 15 is 0 Å². The zero-order valence-corrected chi connectivity index (χ0v) is 20.0. The van der Waals surface area contributed by atoms with Crippen molar-refractivity contribution < 1.29 is 13.5 Å². The average Bonchev–Trinajstić information content (AvgIpc) is 2.73. The number of aliphatic hydroxyl groups is 1. The van der Waals surface area contributed by atoms with Gasteiger partial charge in [-0.1, -0.05) is 23.7 Å². The predicted molar refractivity (Wildman–Crippen MR) is 131 cm³/mol. The van der Waals surface area contributed by atoms with Gasteiger partial charge in [0.05, 0.1) is 17.0 Å². The largest absolute Gasteiger partial charge is 0.395 e. The summed E-state index contributed by atoms with van der Waals surface area (Å²) in [6, 6.07) is 14.9. The summed E-state index contributed by atoms with van der Waals surface area (Å²) < 4.78 is 23.3. The first-order valence-corrected chi connectivity index (χ1v) is 13.0. The minimum absolute atomic E-state index is 0.0841. The fourth-order valence-corrected chi connectivity index (χ4v) is 4.51. The molecule has 32 heavy (non-hydrogen) atoms. The number of rotatable bonds is 11. The van der Waals surface area contributed by atoms with E-state index < -0.39 is 9.84 Å². The molecule has 1 unspecified atom stereocenters. The van der Waals surface area contributed by atoms with Crippen LogP contribution in [-0.4, -0.2) is 55.4 Å². The molecule has 172 valence electrons. The van der Waals surface area contributed by atoms with Crippen LogP contribution < -0.4 is 5.32 Å². The van der Waals surface area contributed by atoms with Crippen molar-refractivity contribution in [3.63, 3.8) is 0 Å². The van der Waals surface area contributed by atoms with Crippen LogP contribution in [0.25, 0.3) is 10.9 Å². The highest BCUT2D eigenvalue weighted by Crippen LogP contribution is 2.25. The van der Waals surface area contributed by atoms with E-state index in [2.05, 4.69) is 22.1 Å². The summed E-state index contributed by atoms with van der Waals surface area (Å²) in [5.41, 5.74) is 2.93. The Morgan fingerprint density at radius 2 is 1.88 bits per heavy atom. The molecular formula is C24H30ClN3O3S. The summed E-state index contributed by atoms with van der Waals surface area (Å²) in [4.78, 5) is 6.89. The monoisotopic (exact) mass is 475 g/mol. The number of anilines is 1. The molecule has 1 aromatic heterocycles. The van der Waals surface area contributed by atoms with Gasteiger partial charge >= 0.3 is 0 Å². The second-order valence-electron chi connectivity index (χ2n) is 8.12. The summed E-state index contributed by atoms with van der Waals surface area (Å²) in [7, 11) is -3.19. The fourth-order valence-electron chi connectivity index (χ4n) is 3.72. The second-order valence-corrected chi connectivity index (χ2v) is 10.6. The molecule has 3 rings (SSSR count). The lowest BCUT2D eigenvalue weighted by Gasteiger charge is -2.23. The van der Waals surface area contributed by atoms with Crippen LogP contribution in [0.15, 0.2) is 59.6 Å².